The molecule has 1 aliphatic heterocycles. The number of nitrogens with one attached hydrogen (secondary N) is 1. The monoisotopic (exact) mass is 668 g/mol. The van der Waals surface area contributed by atoms with Gasteiger partial charge in [-0.25, -0.2) is 4.79 Å². The van der Waals surface area contributed by atoms with Crippen LogP contribution in [0.2, 0.25) is 0 Å². The normalized spacial score (nSPS) is 12.9. The highest BCUT2D eigenvalue weighted by molar-refractivity contribution is 5.97. The predicted molar refractivity (Wildman–Crippen MR) is 188 cm³/mol. The molecule has 0 saturated heterocycles. The van der Waals surface area contributed by atoms with Gasteiger partial charge in [0, 0.05) is 35.9 Å². The van der Waals surface area contributed by atoms with E-state index in [-0.39, 0.29) is 22.8 Å². The lowest BCUT2D eigenvalue weighted by atomic mass is 10.1. The fraction of sp³-hybridized carbons (Fsp3) is 0.368. The van der Waals surface area contributed by atoms with E-state index in [4.69, 9.17) is 14.6 Å². The Morgan fingerprint density at radius 2 is 1.86 bits per heavy atom. The smallest absolute Gasteiger partial charge is 0.359 e. The van der Waals surface area contributed by atoms with E-state index in [1.807, 2.05) is 85.3 Å². The van der Waals surface area contributed by atoms with Crippen LogP contribution in [-0.4, -0.2) is 90.6 Å². The minimum atomic E-state index is -0.875. The van der Waals surface area contributed by atoms with Crippen molar-refractivity contribution in [2.24, 2.45) is 0 Å². The SMILES string of the molecule is Cc1cccc(OCCCC(=O)N2CCCOc3c(-c4cnn(Cc5cccc(C(=O)NCC[N+](C)(C)CC(=O)O)c5)c4)cccc32)c1C. The van der Waals surface area contributed by atoms with Gasteiger partial charge in [-0.2, -0.15) is 5.10 Å². The maximum atomic E-state index is 13.5. The summed E-state index contributed by atoms with van der Waals surface area (Å²) >= 11 is 0. The molecular weight excluding hydrogens is 622 g/mol. The number of anilines is 1. The second-order valence-corrected chi connectivity index (χ2v) is 13.1. The molecule has 49 heavy (non-hydrogen) atoms. The summed E-state index contributed by atoms with van der Waals surface area (Å²) in [5.41, 5.74) is 6.21. The average molecular weight is 669 g/mol. The number of aromatic nitrogens is 2. The Bertz CT molecular complexity index is 1800. The Kier molecular flexibility index (Phi) is 11.4. The zero-order chi connectivity index (χ0) is 35.0. The molecule has 0 spiro atoms. The highest BCUT2D eigenvalue weighted by atomic mass is 16.5. The van der Waals surface area contributed by atoms with Gasteiger partial charge in [-0.05, 0) is 67.6 Å². The molecule has 0 unspecified atom stereocenters. The van der Waals surface area contributed by atoms with Gasteiger partial charge in [0.25, 0.3) is 5.91 Å². The first-order valence-corrected chi connectivity index (χ1v) is 16.7. The van der Waals surface area contributed by atoms with Crippen LogP contribution in [0.5, 0.6) is 11.5 Å². The Morgan fingerprint density at radius 3 is 2.67 bits per heavy atom. The fourth-order valence-electron chi connectivity index (χ4n) is 5.92. The number of benzene rings is 3. The maximum Gasteiger partial charge on any atom is 0.359 e. The van der Waals surface area contributed by atoms with Crippen LogP contribution >= 0.6 is 0 Å². The molecule has 0 atom stereocenters. The number of carbonyl (C=O) groups is 3. The van der Waals surface area contributed by atoms with Gasteiger partial charge in [0.1, 0.15) is 5.75 Å². The first kappa shape index (κ1) is 35.2. The molecule has 4 aromatic rings. The standard InChI is InChI=1S/C38H45N5O6/c1-27-10-5-15-34(28(27)2)48-20-8-16-35(44)42-18-9-21-49-37-32(13-7-14-33(37)42)31-23-40-41(25-31)24-29-11-6-12-30(22-29)38(47)39-17-19-43(3,4)26-36(45)46/h5-7,10-15,22-23,25H,8-9,16-21,24,26H2,1-4H3,(H-,39,45,46,47)/p+1. The van der Waals surface area contributed by atoms with Crippen LogP contribution in [0.15, 0.2) is 73.1 Å². The molecular formula is C38H46N5O6+. The minimum absolute atomic E-state index is 0.0174. The third-order valence-electron chi connectivity index (χ3n) is 8.75. The molecule has 5 rings (SSSR count). The van der Waals surface area contributed by atoms with Crippen molar-refractivity contribution in [3.8, 4) is 22.6 Å². The predicted octanol–water partition coefficient (Wildman–Crippen LogP) is 5.08. The number of para-hydroxylation sites is 1. The average Bonchev–Trinajstić information content (AvgIpc) is 3.40. The van der Waals surface area contributed by atoms with Gasteiger partial charge < -0.3 is 29.3 Å². The number of hydrogen-bond acceptors (Lipinski definition) is 6. The third kappa shape index (κ3) is 9.26. The van der Waals surface area contributed by atoms with Crippen molar-refractivity contribution < 1.29 is 33.4 Å². The lowest BCUT2D eigenvalue weighted by molar-refractivity contribution is -0.881. The largest absolute Gasteiger partial charge is 0.493 e. The molecule has 258 valence electrons. The number of carboxylic acid groups (broad SMARTS) is 1. The van der Waals surface area contributed by atoms with E-state index in [0.717, 1.165) is 40.1 Å². The molecule has 1 aromatic heterocycles. The van der Waals surface area contributed by atoms with Gasteiger partial charge in [0.05, 0.1) is 58.8 Å². The van der Waals surface area contributed by atoms with Crippen molar-refractivity contribution in [1.82, 2.24) is 15.1 Å². The number of amides is 2. The van der Waals surface area contributed by atoms with Gasteiger partial charge >= 0.3 is 5.97 Å². The first-order chi connectivity index (χ1) is 23.5. The quantitative estimate of drug-likeness (QED) is 0.142. The van der Waals surface area contributed by atoms with Crippen LogP contribution in [0.4, 0.5) is 5.69 Å². The number of rotatable bonds is 14. The Morgan fingerprint density at radius 1 is 1.06 bits per heavy atom. The summed E-state index contributed by atoms with van der Waals surface area (Å²) in [7, 11) is 3.64. The summed E-state index contributed by atoms with van der Waals surface area (Å²) in [6, 6.07) is 19.2. The van der Waals surface area contributed by atoms with Gasteiger partial charge in [-0.1, -0.05) is 36.4 Å². The fourth-order valence-corrected chi connectivity index (χ4v) is 5.92. The van der Waals surface area contributed by atoms with E-state index in [9.17, 15) is 14.4 Å². The molecule has 0 bridgehead atoms. The number of carboxylic acids is 1. The molecule has 2 N–H and O–H groups in total. The van der Waals surface area contributed by atoms with Crippen LogP contribution < -0.4 is 19.7 Å². The van der Waals surface area contributed by atoms with Crippen molar-refractivity contribution in [2.75, 3.05) is 58.4 Å². The number of nitrogens with zero attached hydrogens (tertiary/aromatic N) is 4. The highest BCUT2D eigenvalue weighted by Crippen LogP contribution is 2.40. The minimum Gasteiger partial charge on any atom is -0.493 e. The lowest BCUT2D eigenvalue weighted by Crippen LogP contribution is -2.48. The molecule has 3 aromatic carbocycles. The Balaban J connectivity index is 1.22. The van der Waals surface area contributed by atoms with Gasteiger partial charge in [-0.3, -0.25) is 14.3 Å². The summed E-state index contributed by atoms with van der Waals surface area (Å²) in [6.45, 7) is 6.94. The van der Waals surface area contributed by atoms with Crippen LogP contribution in [0.3, 0.4) is 0 Å². The van der Waals surface area contributed by atoms with Crippen molar-refractivity contribution in [1.29, 1.82) is 0 Å². The molecule has 0 radical (unpaired) electrons. The molecule has 2 amide bonds. The molecule has 0 aliphatic carbocycles. The van der Waals surface area contributed by atoms with E-state index in [2.05, 4.69) is 23.4 Å². The lowest BCUT2D eigenvalue weighted by Gasteiger charge is -2.27. The van der Waals surface area contributed by atoms with E-state index in [0.29, 0.717) is 63.5 Å². The van der Waals surface area contributed by atoms with Crippen molar-refractivity contribution in [3.05, 3.63) is 95.3 Å². The first-order valence-electron chi connectivity index (χ1n) is 16.7. The number of ether oxygens (including phenoxy) is 2. The van der Waals surface area contributed by atoms with Crippen LogP contribution in [-0.2, 0) is 16.1 Å². The van der Waals surface area contributed by atoms with Crippen molar-refractivity contribution in [2.45, 2.75) is 39.7 Å². The summed E-state index contributed by atoms with van der Waals surface area (Å²) in [5, 5.41) is 16.6. The molecule has 11 heteroatoms. The zero-order valence-electron chi connectivity index (χ0n) is 28.8. The van der Waals surface area contributed by atoms with Crippen LogP contribution in [0.25, 0.3) is 11.1 Å². The number of quaternary nitrogens is 1. The zero-order valence-corrected chi connectivity index (χ0v) is 28.8. The van der Waals surface area contributed by atoms with E-state index in [1.165, 1.54) is 5.56 Å². The van der Waals surface area contributed by atoms with E-state index >= 15 is 0 Å². The maximum absolute atomic E-state index is 13.5. The number of aryl methyl sites for hydroxylation is 1. The molecule has 2 heterocycles. The second-order valence-electron chi connectivity index (χ2n) is 13.1. The molecule has 0 fully saturated rings. The van der Waals surface area contributed by atoms with E-state index < -0.39 is 5.97 Å². The van der Waals surface area contributed by atoms with Crippen LogP contribution in [0.1, 0.15) is 46.3 Å². The Labute approximate surface area is 287 Å². The van der Waals surface area contributed by atoms with E-state index in [1.54, 1.807) is 12.3 Å². The number of likely N-dealkylation sites (N-methyl/N-ethyl adjacent to an activating group) is 1. The number of hydrogen-bond donors (Lipinski definition) is 2. The summed E-state index contributed by atoms with van der Waals surface area (Å²) in [5.74, 6) is 0.476. The molecule has 1 aliphatic rings. The number of aliphatic carboxylic acids is 1. The summed E-state index contributed by atoms with van der Waals surface area (Å²) in [6.07, 6.45) is 5.43. The van der Waals surface area contributed by atoms with Crippen molar-refractivity contribution in [3.63, 3.8) is 0 Å². The molecule has 0 saturated carbocycles. The van der Waals surface area contributed by atoms with Gasteiger partial charge in [-0.15, -0.1) is 0 Å². The Hall–Kier alpha value is -5.16. The van der Waals surface area contributed by atoms with Gasteiger partial charge in [0.2, 0.25) is 5.91 Å². The highest BCUT2D eigenvalue weighted by Gasteiger charge is 2.25. The van der Waals surface area contributed by atoms with Gasteiger partial charge in [0.15, 0.2) is 12.3 Å². The number of carbonyl (C=O) groups excluding carboxylic acids is 2. The van der Waals surface area contributed by atoms with Crippen LogP contribution in [0, 0.1) is 13.8 Å². The summed E-state index contributed by atoms with van der Waals surface area (Å²) < 4.78 is 14.3. The topological polar surface area (TPSA) is 123 Å². The third-order valence-corrected chi connectivity index (χ3v) is 8.75. The number of fused-ring (bicyclic) bond motifs is 1. The summed E-state index contributed by atoms with van der Waals surface area (Å²) in [4.78, 5) is 39.2. The van der Waals surface area contributed by atoms with Crippen molar-refractivity contribution >= 4 is 23.5 Å². The second kappa shape index (κ2) is 15.8. The molecule has 11 nitrogen and oxygen atoms in total.